The van der Waals surface area contributed by atoms with Gasteiger partial charge in [-0.05, 0) is 39.0 Å². The molecular formula is C22H25FN6O. The zero-order valence-corrected chi connectivity index (χ0v) is 17.6. The van der Waals surface area contributed by atoms with Crippen molar-refractivity contribution in [1.82, 2.24) is 24.4 Å². The van der Waals surface area contributed by atoms with Gasteiger partial charge in [-0.25, -0.2) is 14.1 Å². The van der Waals surface area contributed by atoms with Gasteiger partial charge < -0.3 is 9.64 Å². The molecule has 156 valence electrons. The van der Waals surface area contributed by atoms with Crippen LogP contribution in [0.1, 0.15) is 18.3 Å². The SMILES string of the molecule is CCN(CCOC)c1cc(C)nc2c(-c3ccc(-n4cccn4)cc3F)c(C)nn12. The number of rotatable bonds is 7. The van der Waals surface area contributed by atoms with E-state index in [1.54, 1.807) is 40.8 Å². The van der Waals surface area contributed by atoms with Crippen LogP contribution in [0.2, 0.25) is 0 Å². The highest BCUT2D eigenvalue weighted by atomic mass is 19.1. The van der Waals surface area contributed by atoms with Gasteiger partial charge in [-0.3, -0.25) is 0 Å². The van der Waals surface area contributed by atoms with Crippen molar-refractivity contribution in [3.8, 4) is 16.8 Å². The molecule has 0 N–H and O–H groups in total. The van der Waals surface area contributed by atoms with E-state index in [-0.39, 0.29) is 5.82 Å². The molecule has 0 aliphatic rings. The summed E-state index contributed by atoms with van der Waals surface area (Å²) in [6.07, 6.45) is 3.45. The topological polar surface area (TPSA) is 60.5 Å². The second-order valence-corrected chi connectivity index (χ2v) is 7.14. The van der Waals surface area contributed by atoms with Crippen LogP contribution in [0.4, 0.5) is 10.2 Å². The van der Waals surface area contributed by atoms with E-state index in [1.807, 2.05) is 26.0 Å². The molecule has 0 saturated heterocycles. The lowest BCUT2D eigenvalue weighted by Crippen LogP contribution is -2.29. The van der Waals surface area contributed by atoms with Crippen molar-refractivity contribution < 1.29 is 9.13 Å². The summed E-state index contributed by atoms with van der Waals surface area (Å²) < 4.78 is 23.9. The van der Waals surface area contributed by atoms with Crippen LogP contribution in [-0.4, -0.2) is 51.2 Å². The molecule has 0 saturated carbocycles. The van der Waals surface area contributed by atoms with Gasteiger partial charge in [0, 0.05) is 56.0 Å². The summed E-state index contributed by atoms with van der Waals surface area (Å²) in [7, 11) is 1.69. The van der Waals surface area contributed by atoms with E-state index in [1.165, 1.54) is 6.07 Å². The lowest BCUT2D eigenvalue weighted by molar-refractivity contribution is 0.205. The molecule has 7 nitrogen and oxygen atoms in total. The highest BCUT2D eigenvalue weighted by Gasteiger charge is 2.21. The summed E-state index contributed by atoms with van der Waals surface area (Å²) in [5, 5.41) is 8.88. The number of likely N-dealkylation sites (N-methyl/N-ethyl adjacent to an activating group) is 1. The molecule has 8 heteroatoms. The minimum absolute atomic E-state index is 0.336. The first-order valence-electron chi connectivity index (χ1n) is 9.94. The van der Waals surface area contributed by atoms with Crippen LogP contribution < -0.4 is 4.90 Å². The van der Waals surface area contributed by atoms with Crippen molar-refractivity contribution >= 4 is 11.5 Å². The fourth-order valence-corrected chi connectivity index (χ4v) is 3.67. The Hall–Kier alpha value is -3.26. The minimum Gasteiger partial charge on any atom is -0.383 e. The first kappa shape index (κ1) is 20.0. The average Bonchev–Trinajstić information content (AvgIpc) is 3.37. The fraction of sp³-hybridized carbons (Fsp3) is 0.318. The van der Waals surface area contributed by atoms with Gasteiger partial charge in [0.25, 0.3) is 0 Å². The highest BCUT2D eigenvalue weighted by molar-refractivity contribution is 5.81. The van der Waals surface area contributed by atoms with Gasteiger partial charge >= 0.3 is 0 Å². The zero-order valence-electron chi connectivity index (χ0n) is 17.6. The number of aromatic nitrogens is 5. The summed E-state index contributed by atoms with van der Waals surface area (Å²) in [6.45, 7) is 8.04. The Kier molecular flexibility index (Phi) is 5.50. The third-order valence-electron chi connectivity index (χ3n) is 5.14. The number of benzene rings is 1. The maximum absolute atomic E-state index is 15.2. The van der Waals surface area contributed by atoms with Crippen LogP contribution in [0.25, 0.3) is 22.5 Å². The number of fused-ring (bicyclic) bond motifs is 1. The van der Waals surface area contributed by atoms with Crippen molar-refractivity contribution in [1.29, 1.82) is 0 Å². The van der Waals surface area contributed by atoms with E-state index in [4.69, 9.17) is 14.8 Å². The average molecular weight is 408 g/mol. The molecule has 0 amide bonds. The van der Waals surface area contributed by atoms with Gasteiger partial charge in [-0.15, -0.1) is 0 Å². The molecule has 0 fully saturated rings. The van der Waals surface area contributed by atoms with Gasteiger partial charge in [0.2, 0.25) is 0 Å². The van der Waals surface area contributed by atoms with E-state index >= 15 is 4.39 Å². The molecule has 0 aliphatic heterocycles. The van der Waals surface area contributed by atoms with Crippen LogP contribution in [0.3, 0.4) is 0 Å². The Bertz CT molecular complexity index is 1170. The Labute approximate surface area is 174 Å². The van der Waals surface area contributed by atoms with Gasteiger partial charge in [-0.1, -0.05) is 0 Å². The molecule has 0 atom stereocenters. The molecule has 0 radical (unpaired) electrons. The van der Waals surface area contributed by atoms with E-state index < -0.39 is 0 Å². The highest BCUT2D eigenvalue weighted by Crippen LogP contribution is 2.32. The number of methoxy groups -OCH3 is 1. The summed E-state index contributed by atoms with van der Waals surface area (Å²) in [6, 6.07) is 8.90. The van der Waals surface area contributed by atoms with Crippen molar-refractivity contribution in [3.05, 3.63) is 59.9 Å². The number of nitrogens with zero attached hydrogens (tertiary/aromatic N) is 6. The molecule has 4 rings (SSSR count). The van der Waals surface area contributed by atoms with Crippen molar-refractivity contribution in [3.63, 3.8) is 0 Å². The number of halogens is 1. The quantitative estimate of drug-likeness (QED) is 0.465. The van der Waals surface area contributed by atoms with E-state index in [2.05, 4.69) is 16.9 Å². The van der Waals surface area contributed by atoms with Crippen molar-refractivity contribution in [2.24, 2.45) is 0 Å². The molecule has 30 heavy (non-hydrogen) atoms. The molecule has 3 heterocycles. The number of hydrogen-bond donors (Lipinski definition) is 0. The first-order valence-corrected chi connectivity index (χ1v) is 9.94. The molecule has 0 spiro atoms. The van der Waals surface area contributed by atoms with Gasteiger partial charge in [0.15, 0.2) is 5.65 Å². The zero-order chi connectivity index (χ0) is 21.3. The molecule has 3 aromatic heterocycles. The van der Waals surface area contributed by atoms with E-state index in [0.29, 0.717) is 29.1 Å². The Morgan fingerprint density at radius 1 is 1.20 bits per heavy atom. The Balaban J connectivity index is 1.85. The minimum atomic E-state index is -0.336. The van der Waals surface area contributed by atoms with Crippen LogP contribution >= 0.6 is 0 Å². The predicted octanol–water partition coefficient (Wildman–Crippen LogP) is 3.81. The first-order chi connectivity index (χ1) is 14.5. The summed E-state index contributed by atoms with van der Waals surface area (Å²) in [4.78, 5) is 6.88. The molecule has 0 aliphatic carbocycles. The molecule has 1 aromatic carbocycles. The summed E-state index contributed by atoms with van der Waals surface area (Å²) >= 11 is 0. The second-order valence-electron chi connectivity index (χ2n) is 7.14. The second kappa shape index (κ2) is 8.23. The van der Waals surface area contributed by atoms with Gasteiger partial charge in [0.1, 0.15) is 11.6 Å². The largest absolute Gasteiger partial charge is 0.383 e. The lowest BCUT2D eigenvalue weighted by atomic mass is 10.0. The third-order valence-corrected chi connectivity index (χ3v) is 5.14. The summed E-state index contributed by atoms with van der Waals surface area (Å²) in [5.41, 5.74) is 4.06. The van der Waals surface area contributed by atoms with Crippen molar-refractivity contribution in [2.45, 2.75) is 20.8 Å². The van der Waals surface area contributed by atoms with Crippen LogP contribution in [0.5, 0.6) is 0 Å². The number of hydrogen-bond acceptors (Lipinski definition) is 5. The predicted molar refractivity (Wildman–Crippen MR) is 115 cm³/mol. The maximum atomic E-state index is 15.2. The molecular weight excluding hydrogens is 383 g/mol. The fourth-order valence-electron chi connectivity index (χ4n) is 3.67. The normalized spacial score (nSPS) is 11.4. The van der Waals surface area contributed by atoms with E-state index in [9.17, 15) is 0 Å². The standard InChI is InChI=1S/C22H25FN6O/c1-5-27(11-12-30-4)20-13-15(2)25-22-21(16(3)26-29(20)22)18-8-7-17(14-19(18)23)28-10-6-9-24-28/h6-10,13-14H,5,11-12H2,1-4H3. The summed E-state index contributed by atoms with van der Waals surface area (Å²) in [5.74, 6) is 0.581. The third kappa shape index (κ3) is 3.54. The Morgan fingerprint density at radius 3 is 2.70 bits per heavy atom. The van der Waals surface area contributed by atoms with Crippen LogP contribution in [0.15, 0.2) is 42.7 Å². The number of anilines is 1. The number of aryl methyl sites for hydroxylation is 2. The van der Waals surface area contributed by atoms with Gasteiger partial charge in [0.05, 0.1) is 23.6 Å². The van der Waals surface area contributed by atoms with E-state index in [0.717, 1.165) is 30.3 Å². The van der Waals surface area contributed by atoms with Crippen molar-refractivity contribution in [2.75, 3.05) is 31.7 Å². The lowest BCUT2D eigenvalue weighted by Gasteiger charge is -2.23. The molecule has 4 aromatic rings. The Morgan fingerprint density at radius 2 is 2.03 bits per heavy atom. The van der Waals surface area contributed by atoms with Crippen LogP contribution in [-0.2, 0) is 4.74 Å². The van der Waals surface area contributed by atoms with Crippen LogP contribution in [0, 0.1) is 19.7 Å². The number of ether oxygens (including phenoxy) is 1. The maximum Gasteiger partial charge on any atom is 0.165 e. The smallest absolute Gasteiger partial charge is 0.165 e. The van der Waals surface area contributed by atoms with Gasteiger partial charge in [-0.2, -0.15) is 14.7 Å². The monoisotopic (exact) mass is 408 g/mol. The molecule has 0 bridgehead atoms. The molecule has 0 unspecified atom stereocenters.